The predicted molar refractivity (Wildman–Crippen MR) is 43.7 cm³/mol. The maximum absolute atomic E-state index is 12.8. The minimum absolute atomic E-state index is 0.273. The zero-order valence-corrected chi connectivity index (χ0v) is 6.63. The number of hydrogen-bond donors (Lipinski definition) is 0. The average Bonchev–Trinajstić information content (AvgIpc) is 2.05. The molecule has 1 heterocycles. The predicted octanol–water partition coefficient (Wildman–Crippen LogP) is 2.72. The Morgan fingerprint density at radius 2 is 2.27 bits per heavy atom. The Labute approximate surface area is 65.6 Å². The van der Waals surface area contributed by atoms with Gasteiger partial charge >= 0.3 is 0 Å². The minimum atomic E-state index is -0.273. The van der Waals surface area contributed by atoms with Crippen molar-refractivity contribution in [2.24, 2.45) is 0 Å². The van der Waals surface area contributed by atoms with Crippen molar-refractivity contribution in [2.45, 2.75) is 13.8 Å². The second-order valence-electron chi connectivity index (χ2n) is 2.36. The van der Waals surface area contributed by atoms with Crippen LogP contribution in [0.3, 0.4) is 0 Å². The van der Waals surface area contributed by atoms with E-state index in [0.717, 1.165) is 5.56 Å². The normalized spacial score (nSPS) is 11.7. The number of pyridine rings is 1. The van der Waals surface area contributed by atoms with Crippen LogP contribution >= 0.6 is 0 Å². The van der Waals surface area contributed by atoms with Crippen LogP contribution in [0.25, 0.3) is 5.83 Å². The third-order valence-corrected chi connectivity index (χ3v) is 1.41. The Balaban J connectivity index is 2.99. The summed E-state index contributed by atoms with van der Waals surface area (Å²) in [4.78, 5) is 3.91. The molecule has 1 nitrogen and oxygen atoms in total. The third kappa shape index (κ3) is 1.87. The summed E-state index contributed by atoms with van der Waals surface area (Å²) in [5, 5.41) is 0. The highest BCUT2D eigenvalue weighted by Crippen LogP contribution is 2.12. The van der Waals surface area contributed by atoms with Gasteiger partial charge in [-0.05, 0) is 31.6 Å². The molecular formula is C9H10FN. The molecule has 0 aliphatic heterocycles. The zero-order valence-electron chi connectivity index (χ0n) is 6.63. The lowest BCUT2D eigenvalue weighted by molar-refractivity contribution is 0.750. The minimum Gasteiger partial charge on any atom is -0.254 e. The van der Waals surface area contributed by atoms with Crippen molar-refractivity contribution < 1.29 is 4.39 Å². The molecular weight excluding hydrogens is 141 g/mol. The van der Waals surface area contributed by atoms with Gasteiger partial charge in [0.2, 0.25) is 0 Å². The zero-order chi connectivity index (χ0) is 8.27. The van der Waals surface area contributed by atoms with E-state index in [1.165, 1.54) is 6.08 Å². The van der Waals surface area contributed by atoms with Crippen LogP contribution in [0.4, 0.5) is 4.39 Å². The number of nitrogens with zero attached hydrogens (tertiary/aromatic N) is 1. The van der Waals surface area contributed by atoms with E-state index >= 15 is 0 Å². The van der Waals surface area contributed by atoms with E-state index in [1.807, 2.05) is 13.0 Å². The Morgan fingerprint density at radius 3 is 2.73 bits per heavy atom. The SMILES string of the molecule is C/C=C(\F)c1ccc(C)cn1. The summed E-state index contributed by atoms with van der Waals surface area (Å²) in [6.07, 6.45) is 3.05. The first-order chi connectivity index (χ1) is 5.24. The van der Waals surface area contributed by atoms with Crippen molar-refractivity contribution in [2.75, 3.05) is 0 Å². The van der Waals surface area contributed by atoms with Gasteiger partial charge in [0.25, 0.3) is 0 Å². The lowest BCUT2D eigenvalue weighted by Crippen LogP contribution is -1.84. The molecule has 11 heavy (non-hydrogen) atoms. The number of aromatic nitrogens is 1. The number of hydrogen-bond acceptors (Lipinski definition) is 1. The molecule has 1 aromatic rings. The molecule has 58 valence electrons. The molecule has 0 aliphatic rings. The highest BCUT2D eigenvalue weighted by molar-refractivity contribution is 5.54. The summed E-state index contributed by atoms with van der Waals surface area (Å²) in [6, 6.07) is 3.51. The molecule has 0 aliphatic carbocycles. The Morgan fingerprint density at radius 1 is 1.55 bits per heavy atom. The Kier molecular flexibility index (Phi) is 2.36. The summed E-state index contributed by atoms with van der Waals surface area (Å²) in [5.41, 5.74) is 1.44. The molecule has 0 radical (unpaired) electrons. The van der Waals surface area contributed by atoms with Crippen LogP contribution in [0.2, 0.25) is 0 Å². The van der Waals surface area contributed by atoms with Gasteiger partial charge < -0.3 is 0 Å². The van der Waals surface area contributed by atoms with Crippen LogP contribution < -0.4 is 0 Å². The molecule has 0 aromatic carbocycles. The van der Waals surface area contributed by atoms with Crippen molar-refractivity contribution >= 4 is 5.83 Å². The maximum atomic E-state index is 12.8. The van der Waals surface area contributed by atoms with E-state index in [2.05, 4.69) is 4.98 Å². The van der Waals surface area contributed by atoms with Crippen molar-refractivity contribution in [3.8, 4) is 0 Å². The number of allylic oxidation sites excluding steroid dienone is 1. The van der Waals surface area contributed by atoms with Crippen LogP contribution in [0.1, 0.15) is 18.2 Å². The van der Waals surface area contributed by atoms with E-state index in [1.54, 1.807) is 19.2 Å². The summed E-state index contributed by atoms with van der Waals surface area (Å²) in [5.74, 6) is -0.273. The highest BCUT2D eigenvalue weighted by Gasteiger charge is 1.97. The third-order valence-electron chi connectivity index (χ3n) is 1.41. The van der Waals surface area contributed by atoms with E-state index in [9.17, 15) is 4.39 Å². The smallest absolute Gasteiger partial charge is 0.144 e. The largest absolute Gasteiger partial charge is 0.254 e. The van der Waals surface area contributed by atoms with Gasteiger partial charge in [-0.2, -0.15) is 0 Å². The Hall–Kier alpha value is -1.18. The van der Waals surface area contributed by atoms with Crippen molar-refractivity contribution in [3.05, 3.63) is 35.7 Å². The van der Waals surface area contributed by atoms with E-state index in [-0.39, 0.29) is 5.83 Å². The van der Waals surface area contributed by atoms with Crippen LogP contribution in [0.5, 0.6) is 0 Å². The number of rotatable bonds is 1. The molecule has 1 rings (SSSR count). The summed E-state index contributed by atoms with van der Waals surface area (Å²) < 4.78 is 12.8. The fraction of sp³-hybridized carbons (Fsp3) is 0.222. The van der Waals surface area contributed by atoms with E-state index < -0.39 is 0 Å². The van der Waals surface area contributed by atoms with Crippen molar-refractivity contribution in [3.63, 3.8) is 0 Å². The van der Waals surface area contributed by atoms with Crippen LogP contribution in [-0.4, -0.2) is 4.98 Å². The molecule has 0 saturated heterocycles. The molecule has 0 spiro atoms. The summed E-state index contributed by atoms with van der Waals surface area (Å²) >= 11 is 0. The van der Waals surface area contributed by atoms with Crippen LogP contribution in [0, 0.1) is 6.92 Å². The Bertz CT molecular complexity index is 261. The monoisotopic (exact) mass is 151 g/mol. The molecule has 0 bridgehead atoms. The fourth-order valence-corrected chi connectivity index (χ4v) is 0.757. The van der Waals surface area contributed by atoms with Gasteiger partial charge in [-0.1, -0.05) is 6.07 Å². The quantitative estimate of drug-likeness (QED) is 0.601. The molecule has 2 heteroatoms. The lowest BCUT2D eigenvalue weighted by atomic mass is 10.2. The fourth-order valence-electron chi connectivity index (χ4n) is 0.757. The van der Waals surface area contributed by atoms with Gasteiger partial charge in [0.1, 0.15) is 5.83 Å². The highest BCUT2D eigenvalue weighted by atomic mass is 19.1. The second kappa shape index (κ2) is 3.28. The molecule has 0 saturated carbocycles. The first-order valence-electron chi connectivity index (χ1n) is 3.49. The first kappa shape index (κ1) is 7.92. The van der Waals surface area contributed by atoms with Crippen molar-refractivity contribution in [1.82, 2.24) is 4.98 Å². The number of aryl methyl sites for hydroxylation is 1. The van der Waals surface area contributed by atoms with Crippen LogP contribution in [0.15, 0.2) is 24.4 Å². The molecule has 0 amide bonds. The average molecular weight is 151 g/mol. The van der Waals surface area contributed by atoms with Gasteiger partial charge in [-0.25, -0.2) is 4.39 Å². The van der Waals surface area contributed by atoms with E-state index in [4.69, 9.17) is 0 Å². The standard InChI is InChI=1S/C9H10FN/c1-3-8(10)9-5-4-7(2)6-11-9/h3-6H,1-2H3/b8-3-. The summed E-state index contributed by atoms with van der Waals surface area (Å²) in [7, 11) is 0. The second-order valence-corrected chi connectivity index (χ2v) is 2.36. The van der Waals surface area contributed by atoms with Crippen LogP contribution in [-0.2, 0) is 0 Å². The van der Waals surface area contributed by atoms with Gasteiger partial charge in [-0.15, -0.1) is 0 Å². The molecule has 0 unspecified atom stereocenters. The summed E-state index contributed by atoms with van der Waals surface area (Å²) in [6.45, 7) is 3.57. The van der Waals surface area contributed by atoms with Gasteiger partial charge in [-0.3, -0.25) is 4.98 Å². The first-order valence-corrected chi connectivity index (χ1v) is 3.49. The molecule has 0 N–H and O–H groups in total. The maximum Gasteiger partial charge on any atom is 0.144 e. The lowest BCUT2D eigenvalue weighted by Gasteiger charge is -1.95. The van der Waals surface area contributed by atoms with Gasteiger partial charge in [0, 0.05) is 6.20 Å². The van der Waals surface area contributed by atoms with Gasteiger partial charge in [0.15, 0.2) is 0 Å². The molecule has 0 atom stereocenters. The molecule has 0 fully saturated rings. The molecule has 1 aromatic heterocycles. The van der Waals surface area contributed by atoms with Gasteiger partial charge in [0.05, 0.1) is 5.69 Å². The topological polar surface area (TPSA) is 12.9 Å². The van der Waals surface area contributed by atoms with E-state index in [0.29, 0.717) is 5.69 Å². The number of halogens is 1. The van der Waals surface area contributed by atoms with Crippen molar-refractivity contribution in [1.29, 1.82) is 0 Å².